The number of likely N-dealkylation sites (tertiary alicyclic amines) is 1. The van der Waals surface area contributed by atoms with Crippen LogP contribution in [0.2, 0.25) is 0 Å². The molecule has 4 heteroatoms. The maximum atomic E-state index is 13.2. The Morgan fingerprint density at radius 2 is 2.32 bits per heavy atom. The Morgan fingerprint density at radius 3 is 3.00 bits per heavy atom. The van der Waals surface area contributed by atoms with Gasteiger partial charge in [-0.15, -0.1) is 0 Å². The van der Waals surface area contributed by atoms with Gasteiger partial charge in [0.25, 0.3) is 5.91 Å². The lowest BCUT2D eigenvalue weighted by Gasteiger charge is -2.24. The molecule has 1 atom stereocenters. The fraction of sp³-hybridized carbons (Fsp3) is 0.533. The standard InChI is InChI=1S/C15H20FNO2/c1-11-10-12(6-7-14(11)16)15(19)17-8-2-4-13(17)5-3-9-18/h6-7,10,13,18H,2-5,8-9H2,1H3. The van der Waals surface area contributed by atoms with E-state index in [-0.39, 0.29) is 24.4 Å². The number of aryl methyl sites for hydroxylation is 1. The van der Waals surface area contributed by atoms with Crippen LogP contribution >= 0.6 is 0 Å². The summed E-state index contributed by atoms with van der Waals surface area (Å²) in [5.41, 5.74) is 1.05. The van der Waals surface area contributed by atoms with E-state index < -0.39 is 0 Å². The van der Waals surface area contributed by atoms with E-state index in [0.717, 1.165) is 32.2 Å². The summed E-state index contributed by atoms with van der Waals surface area (Å²) in [4.78, 5) is 14.3. The molecule has 0 saturated carbocycles. The molecule has 0 radical (unpaired) electrons. The summed E-state index contributed by atoms with van der Waals surface area (Å²) in [5, 5.41) is 8.89. The van der Waals surface area contributed by atoms with Gasteiger partial charge in [-0.25, -0.2) is 4.39 Å². The van der Waals surface area contributed by atoms with Crippen molar-refractivity contribution >= 4 is 5.91 Å². The van der Waals surface area contributed by atoms with Crippen LogP contribution in [0.4, 0.5) is 4.39 Å². The molecule has 1 aromatic rings. The number of hydrogen-bond donors (Lipinski definition) is 1. The molecule has 0 spiro atoms. The van der Waals surface area contributed by atoms with Crippen LogP contribution in [0.5, 0.6) is 0 Å². The van der Waals surface area contributed by atoms with Gasteiger partial charge in [0.15, 0.2) is 0 Å². The van der Waals surface area contributed by atoms with E-state index in [0.29, 0.717) is 11.1 Å². The first-order chi connectivity index (χ1) is 9.13. The number of benzene rings is 1. The molecule has 1 aliphatic heterocycles. The van der Waals surface area contributed by atoms with Crippen LogP contribution in [0, 0.1) is 12.7 Å². The Morgan fingerprint density at radius 1 is 1.53 bits per heavy atom. The van der Waals surface area contributed by atoms with Crippen molar-refractivity contribution in [1.29, 1.82) is 0 Å². The number of aliphatic hydroxyl groups is 1. The summed E-state index contributed by atoms with van der Waals surface area (Å²) in [6.45, 7) is 2.58. The van der Waals surface area contributed by atoms with Crippen molar-refractivity contribution in [1.82, 2.24) is 4.90 Å². The molecule has 1 fully saturated rings. The summed E-state index contributed by atoms with van der Waals surface area (Å²) in [5.74, 6) is -0.307. The van der Waals surface area contributed by atoms with E-state index in [2.05, 4.69) is 0 Å². The molecule has 2 rings (SSSR count). The summed E-state index contributed by atoms with van der Waals surface area (Å²) in [6.07, 6.45) is 3.55. The third kappa shape index (κ3) is 3.13. The largest absolute Gasteiger partial charge is 0.396 e. The molecule has 1 N–H and O–H groups in total. The fourth-order valence-corrected chi connectivity index (χ4v) is 2.67. The van der Waals surface area contributed by atoms with Crippen LogP contribution in [0.3, 0.4) is 0 Å². The molecule has 3 nitrogen and oxygen atoms in total. The molecule has 1 unspecified atom stereocenters. The monoisotopic (exact) mass is 265 g/mol. The highest BCUT2D eigenvalue weighted by Crippen LogP contribution is 2.24. The number of aliphatic hydroxyl groups excluding tert-OH is 1. The summed E-state index contributed by atoms with van der Waals surface area (Å²) in [6, 6.07) is 4.72. The van der Waals surface area contributed by atoms with Gasteiger partial charge in [-0.3, -0.25) is 4.79 Å². The number of carbonyl (C=O) groups excluding carboxylic acids is 1. The second kappa shape index (κ2) is 6.15. The summed E-state index contributed by atoms with van der Waals surface area (Å²) in [7, 11) is 0. The molecule has 0 aliphatic carbocycles. The van der Waals surface area contributed by atoms with Crippen molar-refractivity contribution < 1.29 is 14.3 Å². The zero-order valence-corrected chi connectivity index (χ0v) is 11.2. The highest BCUT2D eigenvalue weighted by Gasteiger charge is 2.28. The van der Waals surface area contributed by atoms with Gasteiger partial charge in [0, 0.05) is 24.8 Å². The predicted octanol–water partition coefficient (Wildman–Crippen LogP) is 2.51. The van der Waals surface area contributed by atoms with E-state index in [1.54, 1.807) is 19.1 Å². The maximum Gasteiger partial charge on any atom is 0.254 e. The Labute approximate surface area is 113 Å². The van der Waals surface area contributed by atoms with Crippen LogP contribution in [-0.4, -0.2) is 35.1 Å². The van der Waals surface area contributed by atoms with Crippen LogP contribution < -0.4 is 0 Å². The Kier molecular flexibility index (Phi) is 4.53. The smallest absolute Gasteiger partial charge is 0.254 e. The third-order valence-electron chi connectivity index (χ3n) is 3.74. The lowest BCUT2D eigenvalue weighted by Crippen LogP contribution is -2.35. The lowest BCUT2D eigenvalue weighted by atomic mass is 10.1. The quantitative estimate of drug-likeness (QED) is 0.908. The van der Waals surface area contributed by atoms with Gasteiger partial charge in [0.2, 0.25) is 0 Å². The van der Waals surface area contributed by atoms with Crippen molar-refractivity contribution in [3.8, 4) is 0 Å². The van der Waals surface area contributed by atoms with Gasteiger partial charge in [-0.2, -0.15) is 0 Å². The average Bonchev–Trinajstić information content (AvgIpc) is 2.87. The number of hydrogen-bond acceptors (Lipinski definition) is 2. The molecule has 0 bridgehead atoms. The molecular formula is C15H20FNO2. The minimum Gasteiger partial charge on any atom is -0.396 e. The zero-order chi connectivity index (χ0) is 13.8. The number of rotatable bonds is 4. The first kappa shape index (κ1) is 14.0. The lowest BCUT2D eigenvalue weighted by molar-refractivity contribution is 0.0724. The highest BCUT2D eigenvalue weighted by atomic mass is 19.1. The number of carbonyl (C=O) groups is 1. The highest BCUT2D eigenvalue weighted by molar-refractivity contribution is 5.94. The molecule has 1 heterocycles. The van der Waals surface area contributed by atoms with E-state index in [1.165, 1.54) is 6.07 Å². The SMILES string of the molecule is Cc1cc(C(=O)N2CCCC2CCCO)ccc1F. The summed E-state index contributed by atoms with van der Waals surface area (Å²) >= 11 is 0. The van der Waals surface area contributed by atoms with E-state index in [9.17, 15) is 9.18 Å². The zero-order valence-electron chi connectivity index (χ0n) is 11.2. The maximum absolute atomic E-state index is 13.2. The van der Waals surface area contributed by atoms with Crippen LogP contribution in [0.15, 0.2) is 18.2 Å². The molecule has 1 amide bonds. The van der Waals surface area contributed by atoms with Gasteiger partial charge in [-0.1, -0.05) is 0 Å². The Balaban J connectivity index is 2.11. The fourth-order valence-electron chi connectivity index (χ4n) is 2.67. The average molecular weight is 265 g/mol. The number of nitrogens with zero attached hydrogens (tertiary/aromatic N) is 1. The van der Waals surface area contributed by atoms with Crippen molar-refractivity contribution in [2.75, 3.05) is 13.2 Å². The van der Waals surface area contributed by atoms with E-state index in [1.807, 2.05) is 4.90 Å². The minimum atomic E-state index is -0.283. The number of amides is 1. The Bertz CT molecular complexity index is 461. The molecule has 0 aromatic heterocycles. The van der Waals surface area contributed by atoms with Crippen molar-refractivity contribution in [3.63, 3.8) is 0 Å². The van der Waals surface area contributed by atoms with Crippen molar-refractivity contribution in [3.05, 3.63) is 35.1 Å². The molecule has 1 saturated heterocycles. The molecule has 19 heavy (non-hydrogen) atoms. The first-order valence-corrected chi connectivity index (χ1v) is 6.81. The van der Waals surface area contributed by atoms with Crippen molar-refractivity contribution in [2.45, 2.75) is 38.6 Å². The second-order valence-corrected chi connectivity index (χ2v) is 5.12. The number of halogens is 1. The molecule has 104 valence electrons. The normalized spacial score (nSPS) is 18.9. The van der Waals surface area contributed by atoms with Gasteiger partial charge in [-0.05, 0) is 56.4 Å². The van der Waals surface area contributed by atoms with Gasteiger partial charge in [0.05, 0.1) is 0 Å². The second-order valence-electron chi connectivity index (χ2n) is 5.12. The van der Waals surface area contributed by atoms with Gasteiger partial charge < -0.3 is 10.0 Å². The molecular weight excluding hydrogens is 245 g/mol. The summed E-state index contributed by atoms with van der Waals surface area (Å²) < 4.78 is 13.2. The van der Waals surface area contributed by atoms with Crippen LogP contribution in [-0.2, 0) is 0 Å². The van der Waals surface area contributed by atoms with E-state index in [4.69, 9.17) is 5.11 Å². The van der Waals surface area contributed by atoms with Gasteiger partial charge >= 0.3 is 0 Å². The Hall–Kier alpha value is -1.42. The third-order valence-corrected chi connectivity index (χ3v) is 3.74. The van der Waals surface area contributed by atoms with Crippen molar-refractivity contribution in [2.24, 2.45) is 0 Å². The topological polar surface area (TPSA) is 40.5 Å². The minimum absolute atomic E-state index is 0.0245. The molecule has 1 aliphatic rings. The van der Waals surface area contributed by atoms with Gasteiger partial charge in [0.1, 0.15) is 5.82 Å². The molecule has 1 aromatic carbocycles. The van der Waals surface area contributed by atoms with E-state index >= 15 is 0 Å². The van der Waals surface area contributed by atoms with Crippen LogP contribution in [0.1, 0.15) is 41.6 Å². The van der Waals surface area contributed by atoms with Crippen LogP contribution in [0.25, 0.3) is 0 Å². The predicted molar refractivity (Wildman–Crippen MR) is 71.5 cm³/mol. The first-order valence-electron chi connectivity index (χ1n) is 6.81.